The molecule has 10 nitrogen and oxygen atoms in total. The zero-order valence-electron chi connectivity index (χ0n) is 31.8. The number of benzene rings is 5. The Kier molecular flexibility index (Phi) is 17.4. The second-order valence-electron chi connectivity index (χ2n) is 13.2. The van der Waals surface area contributed by atoms with E-state index in [0.717, 1.165) is 41.5 Å². The van der Waals surface area contributed by atoms with Gasteiger partial charge >= 0.3 is 15.6 Å². The Labute approximate surface area is 330 Å². The summed E-state index contributed by atoms with van der Waals surface area (Å²) in [7, 11) is -8.80. The lowest BCUT2D eigenvalue weighted by atomic mass is 10.1. The second kappa shape index (κ2) is 22.9. The van der Waals surface area contributed by atoms with Gasteiger partial charge in [0, 0.05) is 13.0 Å². The van der Waals surface area contributed by atoms with Gasteiger partial charge in [0.05, 0.1) is 26.4 Å². The van der Waals surface area contributed by atoms with Crippen molar-refractivity contribution in [3.8, 4) is 11.5 Å². The van der Waals surface area contributed by atoms with Crippen molar-refractivity contribution in [1.82, 2.24) is 5.32 Å². The van der Waals surface area contributed by atoms with Crippen molar-refractivity contribution >= 4 is 21.6 Å². The summed E-state index contributed by atoms with van der Waals surface area (Å²) in [6, 6.07) is 41.6. The van der Waals surface area contributed by atoms with Crippen LogP contribution < -0.4 is 14.4 Å². The molecule has 0 spiro atoms. The molecule has 0 unspecified atom stereocenters. The predicted octanol–water partition coefficient (Wildman–Crippen LogP) is 11.9. The molecule has 5 aromatic carbocycles. The molecule has 56 heavy (non-hydrogen) atoms. The van der Waals surface area contributed by atoms with Crippen LogP contribution in [0.5, 0.6) is 11.5 Å². The van der Waals surface area contributed by atoms with Crippen LogP contribution in [0.4, 0.5) is 0 Å². The highest BCUT2D eigenvalue weighted by molar-refractivity contribution is 7.49. The molecule has 0 aliphatic heterocycles. The fraction of sp³-hybridized carbons (Fsp3) is 0.295. The smallest absolute Gasteiger partial charge is 0.400 e. The maximum Gasteiger partial charge on any atom is 0.530 e. The Balaban J connectivity index is 1.41. The van der Waals surface area contributed by atoms with Crippen LogP contribution in [0.25, 0.3) is 0 Å². The molecular weight excluding hydrogens is 748 g/mol. The number of unbranched alkanes of at least 4 members (excludes halogenated alkanes) is 5. The first-order valence-electron chi connectivity index (χ1n) is 19.0. The number of hydrogen-bond acceptors (Lipinski definition) is 9. The number of nitrogens with one attached hydrogen (secondary N) is 1. The number of phosphoric ester groups is 2. The molecular formula is C44H51NO9P2. The highest BCUT2D eigenvalue weighted by Gasteiger charge is 2.35. The van der Waals surface area contributed by atoms with Gasteiger partial charge in [-0.25, -0.2) is 9.13 Å². The molecule has 0 radical (unpaired) electrons. The summed E-state index contributed by atoms with van der Waals surface area (Å²) in [4.78, 5) is 12.8. The van der Waals surface area contributed by atoms with Crippen molar-refractivity contribution in [3.63, 3.8) is 0 Å². The normalized spacial score (nSPS) is 11.6. The summed E-state index contributed by atoms with van der Waals surface area (Å²) in [6.07, 6.45) is 6.86. The summed E-state index contributed by atoms with van der Waals surface area (Å²) in [5, 5.41) is 2.96. The van der Waals surface area contributed by atoms with Crippen LogP contribution in [0.1, 0.15) is 79.7 Å². The Morgan fingerprint density at radius 1 is 0.482 bits per heavy atom. The maximum atomic E-state index is 14.5. The molecule has 0 atom stereocenters. The average Bonchev–Trinajstić information content (AvgIpc) is 3.24. The molecule has 0 saturated heterocycles. The van der Waals surface area contributed by atoms with E-state index in [1.807, 2.05) is 121 Å². The Morgan fingerprint density at radius 2 is 0.875 bits per heavy atom. The third-order valence-corrected chi connectivity index (χ3v) is 11.2. The molecule has 0 heterocycles. The number of carbonyl (C=O) groups is 1. The largest absolute Gasteiger partial charge is 0.530 e. The van der Waals surface area contributed by atoms with Crippen LogP contribution in [0.2, 0.25) is 0 Å². The van der Waals surface area contributed by atoms with Gasteiger partial charge in [-0.1, -0.05) is 166 Å². The highest BCUT2D eigenvalue weighted by Crippen LogP contribution is 2.57. The monoisotopic (exact) mass is 799 g/mol. The van der Waals surface area contributed by atoms with Crippen molar-refractivity contribution in [2.45, 2.75) is 84.8 Å². The van der Waals surface area contributed by atoms with Crippen LogP contribution in [0.3, 0.4) is 0 Å². The van der Waals surface area contributed by atoms with Crippen LogP contribution in [-0.2, 0) is 65.0 Å². The van der Waals surface area contributed by atoms with Gasteiger partial charge in [-0.2, -0.15) is 0 Å². The van der Waals surface area contributed by atoms with Crippen LogP contribution in [0, 0.1) is 0 Å². The van der Waals surface area contributed by atoms with Gasteiger partial charge in [-0.05, 0) is 46.4 Å². The molecule has 0 aliphatic carbocycles. The second-order valence-corrected chi connectivity index (χ2v) is 16.4. The quantitative estimate of drug-likeness (QED) is 0.0454. The Morgan fingerprint density at radius 3 is 1.30 bits per heavy atom. The summed E-state index contributed by atoms with van der Waals surface area (Å²) < 4.78 is 64.8. The fourth-order valence-corrected chi connectivity index (χ4v) is 7.86. The average molecular weight is 800 g/mol. The molecule has 0 aliphatic rings. The third kappa shape index (κ3) is 15.2. The lowest BCUT2D eigenvalue weighted by Crippen LogP contribution is -2.22. The van der Waals surface area contributed by atoms with Gasteiger partial charge in [-0.15, -0.1) is 0 Å². The summed E-state index contributed by atoms with van der Waals surface area (Å²) >= 11 is 0. The van der Waals surface area contributed by atoms with E-state index < -0.39 is 15.6 Å². The lowest BCUT2D eigenvalue weighted by molar-refractivity contribution is -0.121. The molecule has 5 aromatic rings. The van der Waals surface area contributed by atoms with Gasteiger partial charge in [0.2, 0.25) is 5.91 Å². The zero-order valence-corrected chi connectivity index (χ0v) is 33.6. The first-order valence-corrected chi connectivity index (χ1v) is 22.0. The molecule has 1 amide bonds. The molecule has 0 bridgehead atoms. The number of hydrogen-bond donors (Lipinski definition) is 1. The molecule has 5 rings (SSSR count). The van der Waals surface area contributed by atoms with Crippen molar-refractivity contribution in [3.05, 3.63) is 167 Å². The molecule has 296 valence electrons. The standard InChI is InChI=1S/C44H51NO9P2/c1-2-3-4-5-6-19-28-44(46)45-32-41-29-30-42(53-55(47,49-33-37-20-11-7-12-21-37)50-34-38-22-13-8-14-23-38)43(31-41)54-56(48,51-35-39-24-15-9-16-25-39)52-36-40-26-17-10-18-27-40/h7-18,20-27,29-31H,2-6,19,28,32-36H2,1H3,(H,45,46). The van der Waals surface area contributed by atoms with Crippen LogP contribution in [-0.4, -0.2) is 5.91 Å². The van der Waals surface area contributed by atoms with E-state index in [1.165, 1.54) is 25.3 Å². The number of carbonyl (C=O) groups excluding carboxylic acids is 1. The molecule has 1 N–H and O–H groups in total. The molecule has 12 heteroatoms. The predicted molar refractivity (Wildman–Crippen MR) is 218 cm³/mol. The number of amides is 1. The molecule has 0 aromatic heterocycles. The van der Waals surface area contributed by atoms with E-state index in [2.05, 4.69) is 12.2 Å². The van der Waals surface area contributed by atoms with E-state index in [-0.39, 0.29) is 50.4 Å². The van der Waals surface area contributed by atoms with Crippen molar-refractivity contribution in [2.24, 2.45) is 0 Å². The highest BCUT2D eigenvalue weighted by atomic mass is 31.2. The Bertz CT molecular complexity index is 1890. The van der Waals surface area contributed by atoms with E-state index in [1.54, 1.807) is 12.1 Å². The van der Waals surface area contributed by atoms with Crippen LogP contribution >= 0.6 is 15.6 Å². The first-order chi connectivity index (χ1) is 27.3. The minimum absolute atomic E-state index is 0.0787. The van der Waals surface area contributed by atoms with Gasteiger partial charge < -0.3 is 14.4 Å². The Hall–Kier alpha value is -4.53. The van der Waals surface area contributed by atoms with Crippen LogP contribution in [0.15, 0.2) is 140 Å². The molecule has 0 saturated carbocycles. The van der Waals surface area contributed by atoms with E-state index in [4.69, 9.17) is 27.1 Å². The van der Waals surface area contributed by atoms with Gasteiger partial charge in [0.15, 0.2) is 11.5 Å². The van der Waals surface area contributed by atoms with Gasteiger partial charge in [0.25, 0.3) is 0 Å². The summed E-state index contributed by atoms with van der Waals surface area (Å²) in [5.74, 6) is -0.285. The third-order valence-electron chi connectivity index (χ3n) is 8.60. The SMILES string of the molecule is CCCCCCCCC(=O)NCc1ccc(OP(=O)(OCc2ccccc2)OCc2ccccc2)c(OP(=O)(OCc2ccccc2)OCc2ccccc2)c1. The minimum Gasteiger partial charge on any atom is -0.400 e. The lowest BCUT2D eigenvalue weighted by Gasteiger charge is -2.23. The summed E-state index contributed by atoms with van der Waals surface area (Å²) in [6.45, 7) is 1.99. The maximum absolute atomic E-state index is 14.5. The van der Waals surface area contributed by atoms with E-state index >= 15 is 0 Å². The number of phosphoric acid groups is 2. The fourth-order valence-electron chi connectivity index (χ4n) is 5.50. The minimum atomic E-state index is -4.41. The number of rotatable bonds is 25. The van der Waals surface area contributed by atoms with Gasteiger partial charge in [0.1, 0.15) is 0 Å². The first kappa shape index (κ1) is 42.6. The zero-order chi connectivity index (χ0) is 39.3. The van der Waals surface area contributed by atoms with Gasteiger partial charge in [-0.3, -0.25) is 22.9 Å². The molecule has 0 fully saturated rings. The van der Waals surface area contributed by atoms with Crippen molar-refractivity contribution in [1.29, 1.82) is 0 Å². The topological polar surface area (TPSA) is 119 Å². The summed E-state index contributed by atoms with van der Waals surface area (Å²) in [5.41, 5.74) is 3.58. The van der Waals surface area contributed by atoms with Crippen molar-refractivity contribution in [2.75, 3.05) is 0 Å². The van der Waals surface area contributed by atoms with Crippen molar-refractivity contribution < 1.29 is 41.1 Å². The van der Waals surface area contributed by atoms with E-state index in [9.17, 15) is 13.9 Å². The van der Waals surface area contributed by atoms with E-state index in [0.29, 0.717) is 12.0 Å².